The predicted molar refractivity (Wildman–Crippen MR) is 136 cm³/mol. The van der Waals surface area contributed by atoms with Crippen LogP contribution in [0.4, 0.5) is 17.2 Å². The van der Waals surface area contributed by atoms with Crippen molar-refractivity contribution in [2.45, 2.75) is 39.2 Å². The molecule has 1 aromatic heterocycles. The van der Waals surface area contributed by atoms with E-state index in [4.69, 9.17) is 15.3 Å². The number of nitrogens with zero attached hydrogens (tertiary/aromatic N) is 3. The number of anilines is 3. The zero-order valence-electron chi connectivity index (χ0n) is 19.8. The molecule has 2 heterocycles. The summed E-state index contributed by atoms with van der Waals surface area (Å²) in [4.78, 5) is 24.4. The molecule has 4 rings (SSSR count). The number of hydrogen-bond acceptors (Lipinski definition) is 6. The maximum atomic E-state index is 13.1. The molecule has 8 nitrogen and oxygen atoms in total. The number of carbonyl (C=O) groups excluding carboxylic acids is 1. The lowest BCUT2D eigenvalue weighted by Gasteiger charge is -2.21. The van der Waals surface area contributed by atoms with Crippen LogP contribution in [-0.4, -0.2) is 36.5 Å². The van der Waals surface area contributed by atoms with Crippen LogP contribution in [-0.2, 0) is 9.63 Å². The number of hydrogen-bond donors (Lipinski definition) is 2. The molecule has 34 heavy (non-hydrogen) atoms. The van der Waals surface area contributed by atoms with Crippen molar-refractivity contribution in [1.82, 2.24) is 4.98 Å². The molecule has 1 aliphatic rings. The van der Waals surface area contributed by atoms with Gasteiger partial charge in [0.15, 0.2) is 6.10 Å². The largest absolute Gasteiger partial charge is 0.481 e. The zero-order chi connectivity index (χ0) is 24.1. The van der Waals surface area contributed by atoms with Crippen LogP contribution in [0.25, 0.3) is 10.8 Å². The van der Waals surface area contributed by atoms with Crippen LogP contribution in [0.1, 0.15) is 33.1 Å². The smallest absolute Gasteiger partial charge is 0.265 e. The number of pyridine rings is 1. The summed E-state index contributed by atoms with van der Waals surface area (Å²) in [7, 11) is 1.56. The molecule has 1 fully saturated rings. The molecule has 1 aliphatic heterocycles. The average molecular weight is 462 g/mol. The molecule has 3 N–H and O–H groups in total. The molecule has 0 bridgehead atoms. The number of amidine groups is 1. The molecule has 178 valence electrons. The molecule has 2 aromatic carbocycles. The van der Waals surface area contributed by atoms with Gasteiger partial charge in [0.25, 0.3) is 5.91 Å². The number of amides is 1. The fraction of sp³-hybridized carbons (Fsp3) is 0.346. The number of oxime groups is 1. The molecule has 0 aliphatic carbocycles. The summed E-state index contributed by atoms with van der Waals surface area (Å²) >= 11 is 0. The number of nitrogen functional groups attached to an aromatic ring is 1. The topological polar surface area (TPSA) is 102 Å². The highest BCUT2D eigenvalue weighted by molar-refractivity contribution is 6.00. The van der Waals surface area contributed by atoms with Gasteiger partial charge in [-0.1, -0.05) is 25.1 Å². The van der Waals surface area contributed by atoms with E-state index >= 15 is 0 Å². The van der Waals surface area contributed by atoms with Crippen molar-refractivity contribution in [2.75, 3.05) is 29.6 Å². The van der Waals surface area contributed by atoms with E-state index in [0.29, 0.717) is 23.7 Å². The monoisotopic (exact) mass is 461 g/mol. The van der Waals surface area contributed by atoms with Crippen LogP contribution in [0.2, 0.25) is 0 Å². The van der Waals surface area contributed by atoms with Gasteiger partial charge >= 0.3 is 0 Å². The summed E-state index contributed by atoms with van der Waals surface area (Å²) in [5.74, 6) is 2.02. The Kier molecular flexibility index (Phi) is 7.15. The number of rotatable bonds is 8. The minimum absolute atomic E-state index is 0.191. The van der Waals surface area contributed by atoms with Gasteiger partial charge in [-0.25, -0.2) is 4.98 Å². The van der Waals surface area contributed by atoms with Crippen LogP contribution in [0.15, 0.2) is 59.9 Å². The summed E-state index contributed by atoms with van der Waals surface area (Å²) in [6.07, 6.45) is 3.53. The molecule has 0 saturated carbocycles. The van der Waals surface area contributed by atoms with E-state index in [9.17, 15) is 4.79 Å². The van der Waals surface area contributed by atoms with Crippen molar-refractivity contribution in [3.8, 4) is 5.75 Å². The van der Waals surface area contributed by atoms with Gasteiger partial charge in [-0.3, -0.25) is 4.79 Å². The lowest BCUT2D eigenvalue weighted by atomic mass is 10.0. The van der Waals surface area contributed by atoms with Gasteiger partial charge in [0.05, 0.1) is 0 Å². The van der Waals surface area contributed by atoms with E-state index < -0.39 is 6.10 Å². The van der Waals surface area contributed by atoms with E-state index in [-0.39, 0.29) is 11.8 Å². The maximum absolute atomic E-state index is 13.1. The summed E-state index contributed by atoms with van der Waals surface area (Å²) in [5, 5.41) is 8.88. The second kappa shape index (κ2) is 10.4. The van der Waals surface area contributed by atoms with Crippen LogP contribution in [0.5, 0.6) is 5.75 Å². The molecular formula is C26H31N5O3. The Balaban J connectivity index is 1.47. The Labute approximate surface area is 199 Å². The highest BCUT2D eigenvalue weighted by atomic mass is 16.6. The maximum Gasteiger partial charge on any atom is 0.265 e. The first-order chi connectivity index (χ1) is 16.4. The first-order valence-electron chi connectivity index (χ1n) is 11.5. The molecule has 0 spiro atoms. The first kappa shape index (κ1) is 23.4. The van der Waals surface area contributed by atoms with Gasteiger partial charge in [-0.2, -0.15) is 0 Å². The lowest BCUT2D eigenvalue weighted by molar-refractivity contribution is -0.123. The summed E-state index contributed by atoms with van der Waals surface area (Å²) in [6.45, 7) is 5.02. The molecule has 1 amide bonds. The third-order valence-electron chi connectivity index (χ3n) is 5.76. The van der Waals surface area contributed by atoms with Crippen LogP contribution in [0, 0.1) is 5.92 Å². The molecule has 3 aromatic rings. The molecule has 0 radical (unpaired) electrons. The average Bonchev–Trinajstić information content (AvgIpc) is 3.28. The SMILES string of the molecule is CO/N=C1\CCCN1c1ccc(NC(=O)C(CC(C)C)Oc2ccc3ccnc(N)c3c2)cc1. The van der Waals surface area contributed by atoms with E-state index in [1.807, 2.05) is 48.5 Å². The number of nitrogens with two attached hydrogens (primary N) is 1. The van der Waals surface area contributed by atoms with Crippen molar-refractivity contribution in [2.24, 2.45) is 11.1 Å². The van der Waals surface area contributed by atoms with E-state index in [0.717, 1.165) is 41.7 Å². The van der Waals surface area contributed by atoms with Crippen LogP contribution < -0.4 is 20.7 Å². The number of carbonyl (C=O) groups is 1. The lowest BCUT2D eigenvalue weighted by Crippen LogP contribution is -2.34. The molecule has 8 heteroatoms. The number of aromatic nitrogens is 1. The van der Waals surface area contributed by atoms with Crippen molar-refractivity contribution < 1.29 is 14.4 Å². The Morgan fingerprint density at radius 3 is 2.74 bits per heavy atom. The van der Waals surface area contributed by atoms with E-state index in [1.54, 1.807) is 13.3 Å². The van der Waals surface area contributed by atoms with Crippen LogP contribution in [0.3, 0.4) is 0 Å². The predicted octanol–water partition coefficient (Wildman–Crippen LogP) is 4.81. The normalized spacial score (nSPS) is 15.6. The Hall–Kier alpha value is -3.81. The van der Waals surface area contributed by atoms with Crippen molar-refractivity contribution in [1.29, 1.82) is 0 Å². The van der Waals surface area contributed by atoms with Gasteiger partial charge in [-0.05, 0) is 66.6 Å². The number of ether oxygens (including phenoxy) is 1. The van der Waals surface area contributed by atoms with Gasteiger partial charge in [0.2, 0.25) is 0 Å². The Bertz CT molecular complexity index is 1180. The second-order valence-electron chi connectivity index (χ2n) is 8.80. The van der Waals surface area contributed by atoms with Crippen molar-refractivity contribution >= 4 is 39.7 Å². The minimum Gasteiger partial charge on any atom is -0.481 e. The summed E-state index contributed by atoms with van der Waals surface area (Å²) < 4.78 is 6.14. The van der Waals surface area contributed by atoms with Gasteiger partial charge < -0.3 is 25.5 Å². The van der Waals surface area contributed by atoms with E-state index in [1.165, 1.54) is 0 Å². The fourth-order valence-electron chi connectivity index (χ4n) is 4.13. The highest BCUT2D eigenvalue weighted by Gasteiger charge is 2.24. The standard InChI is InChI=1S/C26H31N5O3/c1-17(2)15-23(34-21-11-6-18-12-13-28-25(27)22(18)16-21)26(32)29-19-7-9-20(10-8-19)31-14-4-5-24(31)30-33-3/h6-13,16-17,23H,4-5,14-15H2,1-3H3,(H2,27,28)(H,29,32)/b30-24+. The van der Waals surface area contributed by atoms with Crippen molar-refractivity contribution in [3.05, 3.63) is 54.7 Å². The molecular weight excluding hydrogens is 430 g/mol. The van der Waals surface area contributed by atoms with E-state index in [2.05, 4.69) is 34.2 Å². The van der Waals surface area contributed by atoms with Gasteiger partial charge in [0.1, 0.15) is 24.5 Å². The van der Waals surface area contributed by atoms with Gasteiger partial charge in [0, 0.05) is 35.9 Å². The van der Waals surface area contributed by atoms with Crippen molar-refractivity contribution in [3.63, 3.8) is 0 Å². The number of nitrogens with one attached hydrogen (secondary N) is 1. The van der Waals surface area contributed by atoms with Crippen LogP contribution >= 0.6 is 0 Å². The summed E-state index contributed by atoms with van der Waals surface area (Å²) in [6, 6.07) is 15.2. The molecule has 1 atom stereocenters. The minimum atomic E-state index is -0.644. The zero-order valence-corrected chi connectivity index (χ0v) is 19.8. The third-order valence-corrected chi connectivity index (χ3v) is 5.76. The fourth-order valence-corrected chi connectivity index (χ4v) is 4.13. The highest BCUT2D eigenvalue weighted by Crippen LogP contribution is 2.27. The summed E-state index contributed by atoms with van der Waals surface area (Å²) in [5.41, 5.74) is 7.75. The first-order valence-corrected chi connectivity index (χ1v) is 11.5. The Morgan fingerprint density at radius 1 is 1.21 bits per heavy atom. The van der Waals surface area contributed by atoms with Gasteiger partial charge in [-0.15, -0.1) is 0 Å². The molecule has 1 saturated heterocycles. The number of benzene rings is 2. The number of fused-ring (bicyclic) bond motifs is 1. The second-order valence-corrected chi connectivity index (χ2v) is 8.80. The molecule has 1 unspecified atom stereocenters. The Morgan fingerprint density at radius 2 is 2.00 bits per heavy atom. The third kappa shape index (κ3) is 5.39. The quantitative estimate of drug-likeness (QED) is 0.467.